The van der Waals surface area contributed by atoms with E-state index >= 15 is 0 Å². The Balaban J connectivity index is 0.844. The molecule has 2 amide bonds. The van der Waals surface area contributed by atoms with E-state index in [9.17, 15) is 9.59 Å². The Morgan fingerprint density at radius 2 is 0.512 bits per heavy atom. The molecule has 0 fully saturated rings. The van der Waals surface area contributed by atoms with E-state index in [1.54, 1.807) is 24.3 Å². The first-order valence-electron chi connectivity index (χ1n) is 27.1. The van der Waals surface area contributed by atoms with E-state index in [1.165, 1.54) is 48.7 Å². The van der Waals surface area contributed by atoms with Gasteiger partial charge in [0.25, 0.3) is 11.8 Å². The first kappa shape index (κ1) is 45.4. The summed E-state index contributed by atoms with van der Waals surface area (Å²) in [6.45, 7) is 0. The van der Waals surface area contributed by atoms with Gasteiger partial charge in [0.2, 0.25) is 0 Å². The molecule has 0 saturated carbocycles. The number of hydrogen-bond acceptors (Lipinski definition) is 2. The lowest BCUT2D eigenvalue weighted by molar-refractivity contribution is 0.0926. The van der Waals surface area contributed by atoms with E-state index in [-0.39, 0.29) is 11.8 Å². The monoisotopic (exact) mass is 1020 g/mol. The molecule has 3 aromatic heterocycles. The molecule has 12 aromatic carbocycles. The maximum atomic E-state index is 13.8. The van der Waals surface area contributed by atoms with Gasteiger partial charge in [0.15, 0.2) is 0 Å². The predicted octanol–water partition coefficient (Wildman–Crippen LogP) is 18.4. The highest BCUT2D eigenvalue weighted by Crippen LogP contribution is 2.42. The minimum atomic E-state index is -0.318. The van der Waals surface area contributed by atoms with Crippen LogP contribution in [0.3, 0.4) is 0 Å². The summed E-state index contributed by atoms with van der Waals surface area (Å²) in [5.41, 5.74) is 20.2. The Morgan fingerprint density at radius 1 is 0.200 bits per heavy atom. The van der Waals surface area contributed by atoms with E-state index in [0.29, 0.717) is 16.8 Å². The molecule has 6 nitrogen and oxygen atoms in total. The van der Waals surface area contributed by atoms with Crippen LogP contribution in [0.4, 0.5) is 5.69 Å². The predicted molar refractivity (Wildman–Crippen MR) is 329 cm³/mol. The van der Waals surface area contributed by atoms with Crippen molar-refractivity contribution in [1.82, 2.24) is 13.7 Å². The maximum Gasteiger partial charge on any atom is 0.266 e. The highest BCUT2D eigenvalue weighted by Gasteiger charge is 2.36. The number of fused-ring (bicyclic) bond motifs is 10. The smallest absolute Gasteiger partial charge is 0.266 e. The van der Waals surface area contributed by atoms with Crippen LogP contribution in [0.15, 0.2) is 279 Å². The second-order valence-electron chi connectivity index (χ2n) is 20.8. The summed E-state index contributed by atoms with van der Waals surface area (Å²) in [6, 6.07) is 98.2. The average molecular weight is 1020 g/mol. The molecule has 0 saturated heterocycles. The van der Waals surface area contributed by atoms with Crippen molar-refractivity contribution in [2.45, 2.75) is 0 Å². The normalized spacial score (nSPS) is 12.5. The van der Waals surface area contributed by atoms with Gasteiger partial charge in [0, 0.05) is 49.4 Å². The number of nitrogens with zero attached hydrogens (tertiary/aromatic N) is 4. The molecule has 1 aliphatic heterocycles. The third kappa shape index (κ3) is 7.06. The number of amides is 2. The number of para-hydroxylation sites is 2. The molecule has 0 unspecified atom stereocenters. The fraction of sp³-hybridized carbons (Fsp3) is 0. The molecule has 6 heteroatoms. The molecular formula is C74H46N4O2. The Labute approximate surface area is 460 Å². The molecular weight excluding hydrogens is 977 g/mol. The van der Waals surface area contributed by atoms with Gasteiger partial charge in [-0.3, -0.25) is 9.59 Å². The SMILES string of the molecule is O=C1c2ccccc2C(=O)N1c1cccc(-n2c3ccc(-c4ccc5c(c4)c4ccccc4n5-c4ccc(-c5ccccc5)cc4)cc3c3cc(-c4ccc5c(c4)c4ccccc4n5-c4ccc(-c5ccccc5)cc4)ccc32)c1. The van der Waals surface area contributed by atoms with Crippen LogP contribution < -0.4 is 4.90 Å². The first-order chi connectivity index (χ1) is 39.5. The zero-order valence-electron chi connectivity index (χ0n) is 43.2. The fourth-order valence-corrected chi connectivity index (χ4v) is 12.6. The number of benzene rings is 12. The van der Waals surface area contributed by atoms with Crippen LogP contribution >= 0.6 is 0 Å². The quantitative estimate of drug-likeness (QED) is 0.142. The van der Waals surface area contributed by atoms with Crippen molar-refractivity contribution in [2.75, 3.05) is 4.90 Å². The summed E-state index contributed by atoms with van der Waals surface area (Å²) in [7, 11) is 0. The van der Waals surface area contributed by atoms with Crippen LogP contribution in [0, 0.1) is 0 Å². The minimum absolute atomic E-state index is 0.318. The van der Waals surface area contributed by atoms with Crippen molar-refractivity contribution in [3.05, 3.63) is 290 Å². The number of anilines is 1. The van der Waals surface area contributed by atoms with Gasteiger partial charge in [-0.05, 0) is 160 Å². The summed E-state index contributed by atoms with van der Waals surface area (Å²) < 4.78 is 7.01. The Hall–Kier alpha value is -10.8. The van der Waals surface area contributed by atoms with Crippen LogP contribution in [0.1, 0.15) is 20.7 Å². The third-order valence-corrected chi connectivity index (χ3v) is 16.4. The molecule has 1 aliphatic rings. The molecule has 15 aromatic rings. The molecule has 0 radical (unpaired) electrons. The highest BCUT2D eigenvalue weighted by atomic mass is 16.2. The number of hydrogen-bond donors (Lipinski definition) is 0. The third-order valence-electron chi connectivity index (χ3n) is 16.4. The van der Waals surface area contributed by atoms with Crippen molar-refractivity contribution in [2.24, 2.45) is 0 Å². The Morgan fingerprint density at radius 3 is 0.938 bits per heavy atom. The average Bonchev–Trinajstić information content (AvgIpc) is 4.28. The van der Waals surface area contributed by atoms with Crippen molar-refractivity contribution in [1.29, 1.82) is 0 Å². The second kappa shape index (κ2) is 17.9. The zero-order chi connectivity index (χ0) is 53.0. The molecule has 4 heterocycles. The molecule has 80 heavy (non-hydrogen) atoms. The van der Waals surface area contributed by atoms with Crippen LogP contribution in [0.2, 0.25) is 0 Å². The van der Waals surface area contributed by atoms with Crippen LogP contribution in [-0.4, -0.2) is 25.5 Å². The van der Waals surface area contributed by atoms with Gasteiger partial charge in [-0.2, -0.15) is 0 Å². The van der Waals surface area contributed by atoms with Gasteiger partial charge in [-0.1, -0.05) is 164 Å². The van der Waals surface area contributed by atoms with Crippen molar-refractivity contribution in [3.63, 3.8) is 0 Å². The molecule has 0 bridgehead atoms. The second-order valence-corrected chi connectivity index (χ2v) is 20.8. The van der Waals surface area contributed by atoms with Gasteiger partial charge >= 0.3 is 0 Å². The van der Waals surface area contributed by atoms with Crippen molar-refractivity contribution >= 4 is 82.9 Å². The topological polar surface area (TPSA) is 52.2 Å². The summed E-state index contributed by atoms with van der Waals surface area (Å²) in [5.74, 6) is -0.636. The molecule has 0 atom stereocenters. The lowest BCUT2D eigenvalue weighted by atomic mass is 9.98. The zero-order valence-corrected chi connectivity index (χ0v) is 43.2. The summed E-state index contributed by atoms with van der Waals surface area (Å²) in [6.07, 6.45) is 0. The van der Waals surface area contributed by atoms with Crippen molar-refractivity contribution in [3.8, 4) is 61.6 Å². The first-order valence-corrected chi connectivity index (χ1v) is 27.1. The molecule has 0 N–H and O–H groups in total. The molecule has 374 valence electrons. The lowest BCUT2D eigenvalue weighted by Crippen LogP contribution is -2.29. The summed E-state index contributed by atoms with van der Waals surface area (Å²) in [5, 5.41) is 6.92. The number of imide groups is 1. The Bertz CT molecular complexity index is 4730. The molecule has 16 rings (SSSR count). The standard InChI is InChI=1S/C74H46N4O2/c79-73-61-22-7-8-23-62(61)74(80)78(73)58-19-13-18-57(46-58)77-71-40-32-53(51-30-38-69-63(42-51)59-20-9-11-24-67(59)75(69)55-34-26-49(27-35-55)47-14-3-1-4-15-47)44-65(71)66-45-54(33-41-72(66)77)52-31-39-70-64(43-52)60-21-10-12-25-68(60)76(70)56-36-28-50(29-37-56)48-16-5-2-6-17-48/h1-46H. The molecule has 0 aliphatic carbocycles. The van der Waals surface area contributed by atoms with E-state index in [1.807, 2.05) is 18.2 Å². The van der Waals surface area contributed by atoms with E-state index < -0.39 is 0 Å². The van der Waals surface area contributed by atoms with E-state index in [4.69, 9.17) is 0 Å². The van der Waals surface area contributed by atoms with Gasteiger partial charge < -0.3 is 13.7 Å². The number of aromatic nitrogens is 3. The van der Waals surface area contributed by atoms with Crippen LogP contribution in [-0.2, 0) is 0 Å². The van der Waals surface area contributed by atoms with E-state index in [2.05, 4.69) is 250 Å². The summed E-state index contributed by atoms with van der Waals surface area (Å²) in [4.78, 5) is 29.0. The maximum absolute atomic E-state index is 13.8. The summed E-state index contributed by atoms with van der Waals surface area (Å²) >= 11 is 0. The Kier molecular flexibility index (Phi) is 10.1. The van der Waals surface area contributed by atoms with E-state index in [0.717, 1.165) is 83.2 Å². The number of rotatable bonds is 8. The van der Waals surface area contributed by atoms with Gasteiger partial charge in [-0.25, -0.2) is 4.90 Å². The number of carbonyl (C=O) groups is 2. The molecule has 0 spiro atoms. The lowest BCUT2D eigenvalue weighted by Gasteiger charge is -2.16. The van der Waals surface area contributed by atoms with Gasteiger partial charge in [0.1, 0.15) is 0 Å². The number of carbonyl (C=O) groups excluding carboxylic acids is 2. The van der Waals surface area contributed by atoms with Gasteiger partial charge in [0.05, 0.1) is 49.9 Å². The minimum Gasteiger partial charge on any atom is -0.309 e. The largest absolute Gasteiger partial charge is 0.309 e. The van der Waals surface area contributed by atoms with Crippen LogP contribution in [0.25, 0.3) is 127 Å². The fourth-order valence-electron chi connectivity index (χ4n) is 12.6. The van der Waals surface area contributed by atoms with Crippen LogP contribution in [0.5, 0.6) is 0 Å². The highest BCUT2D eigenvalue weighted by molar-refractivity contribution is 6.34. The van der Waals surface area contributed by atoms with Crippen molar-refractivity contribution < 1.29 is 9.59 Å². The van der Waals surface area contributed by atoms with Gasteiger partial charge in [-0.15, -0.1) is 0 Å².